The molecule has 2 N–H and O–H groups in total. The van der Waals surface area contributed by atoms with Crippen LogP contribution in [0.5, 0.6) is 0 Å². The highest BCUT2D eigenvalue weighted by Crippen LogP contribution is 2.32. The van der Waals surface area contributed by atoms with E-state index in [0.29, 0.717) is 9.47 Å². The average molecular weight is 382 g/mol. The molecule has 0 atom stereocenters. The van der Waals surface area contributed by atoms with Gasteiger partial charge in [0.15, 0.2) is 10.9 Å². The van der Waals surface area contributed by atoms with E-state index in [1.165, 1.54) is 28.9 Å². The molecule has 0 aliphatic rings. The van der Waals surface area contributed by atoms with E-state index in [9.17, 15) is 9.59 Å². The maximum Gasteiger partial charge on any atom is 0.286 e. The second-order valence-corrected chi connectivity index (χ2v) is 7.25. The van der Waals surface area contributed by atoms with Crippen molar-refractivity contribution < 1.29 is 14.0 Å². The molecule has 3 aromatic heterocycles. The summed E-state index contributed by atoms with van der Waals surface area (Å²) in [4.78, 5) is 28.8. The zero-order valence-electron chi connectivity index (χ0n) is 12.2. The predicted octanol–water partition coefficient (Wildman–Crippen LogP) is 3.88. The SMILES string of the molecule is O=C(CCNC(=O)c1ccco1)Nc1nc(-c2ccc(Cl)s2)cs1. The van der Waals surface area contributed by atoms with Crippen molar-refractivity contribution in [1.82, 2.24) is 10.3 Å². The smallest absolute Gasteiger partial charge is 0.286 e. The van der Waals surface area contributed by atoms with E-state index < -0.39 is 0 Å². The third-order valence-electron chi connectivity index (χ3n) is 2.96. The number of thiophene rings is 1. The standard InChI is InChI=1S/C15H12ClN3O3S2/c16-12-4-3-11(24-12)9-8-23-15(18-9)19-13(20)5-6-17-14(21)10-2-1-7-22-10/h1-4,7-8H,5-6H2,(H,17,21)(H,18,19,20). The lowest BCUT2D eigenvalue weighted by atomic mass is 10.3. The number of carbonyl (C=O) groups is 2. The molecular formula is C15H12ClN3O3S2. The minimum Gasteiger partial charge on any atom is -0.459 e. The monoisotopic (exact) mass is 381 g/mol. The van der Waals surface area contributed by atoms with Gasteiger partial charge in [-0.2, -0.15) is 0 Å². The number of hydrogen-bond acceptors (Lipinski definition) is 6. The van der Waals surface area contributed by atoms with Crippen molar-refractivity contribution in [3.05, 3.63) is 46.0 Å². The first-order valence-electron chi connectivity index (χ1n) is 6.94. The lowest BCUT2D eigenvalue weighted by molar-refractivity contribution is -0.116. The van der Waals surface area contributed by atoms with Crippen LogP contribution < -0.4 is 10.6 Å². The Morgan fingerprint density at radius 1 is 1.29 bits per heavy atom. The minimum absolute atomic E-state index is 0.145. The van der Waals surface area contributed by atoms with E-state index in [4.69, 9.17) is 16.0 Å². The number of furan rings is 1. The molecule has 0 radical (unpaired) electrons. The second kappa shape index (κ2) is 7.61. The number of hydrogen-bond donors (Lipinski definition) is 2. The second-order valence-electron chi connectivity index (χ2n) is 4.67. The van der Waals surface area contributed by atoms with Gasteiger partial charge in [0.25, 0.3) is 5.91 Å². The highest BCUT2D eigenvalue weighted by molar-refractivity contribution is 7.20. The number of anilines is 1. The molecule has 0 bridgehead atoms. The fourth-order valence-electron chi connectivity index (χ4n) is 1.86. The summed E-state index contributed by atoms with van der Waals surface area (Å²) in [6.07, 6.45) is 1.56. The molecule has 0 aliphatic carbocycles. The maximum absolute atomic E-state index is 11.9. The topological polar surface area (TPSA) is 84.2 Å². The van der Waals surface area contributed by atoms with Gasteiger partial charge in [-0.05, 0) is 24.3 Å². The number of thiazole rings is 1. The summed E-state index contributed by atoms with van der Waals surface area (Å²) in [5, 5.41) is 7.69. The number of rotatable bonds is 6. The molecule has 3 heterocycles. The van der Waals surface area contributed by atoms with Gasteiger partial charge in [-0.15, -0.1) is 22.7 Å². The van der Waals surface area contributed by atoms with E-state index in [2.05, 4.69) is 15.6 Å². The number of carbonyl (C=O) groups excluding carboxylic acids is 2. The Kier molecular flexibility index (Phi) is 5.29. The van der Waals surface area contributed by atoms with E-state index in [-0.39, 0.29) is 30.5 Å². The van der Waals surface area contributed by atoms with Crippen molar-refractivity contribution in [3.63, 3.8) is 0 Å². The van der Waals surface area contributed by atoms with Gasteiger partial charge in [-0.3, -0.25) is 9.59 Å². The average Bonchev–Trinajstić information content (AvgIpc) is 3.27. The third kappa shape index (κ3) is 4.22. The summed E-state index contributed by atoms with van der Waals surface area (Å²) in [7, 11) is 0. The minimum atomic E-state index is -0.348. The maximum atomic E-state index is 11.9. The van der Waals surface area contributed by atoms with Crippen molar-refractivity contribution >= 4 is 51.2 Å². The molecule has 3 aromatic rings. The van der Waals surface area contributed by atoms with E-state index >= 15 is 0 Å². The van der Waals surface area contributed by atoms with Crippen LogP contribution in [0.3, 0.4) is 0 Å². The molecule has 0 aliphatic heterocycles. The molecular weight excluding hydrogens is 370 g/mol. The number of halogens is 1. The molecule has 3 rings (SSSR count). The van der Waals surface area contributed by atoms with E-state index in [0.717, 1.165) is 10.6 Å². The summed E-state index contributed by atoms with van der Waals surface area (Å²) in [5.74, 6) is -0.353. The number of nitrogens with one attached hydrogen (secondary N) is 2. The van der Waals surface area contributed by atoms with Gasteiger partial charge in [0.2, 0.25) is 5.91 Å². The highest BCUT2D eigenvalue weighted by Gasteiger charge is 2.11. The van der Waals surface area contributed by atoms with Crippen molar-refractivity contribution in [2.24, 2.45) is 0 Å². The van der Waals surface area contributed by atoms with Gasteiger partial charge < -0.3 is 15.1 Å². The van der Waals surface area contributed by atoms with Gasteiger partial charge >= 0.3 is 0 Å². The lowest BCUT2D eigenvalue weighted by Crippen LogP contribution is -2.27. The van der Waals surface area contributed by atoms with Gasteiger partial charge in [-0.25, -0.2) is 4.98 Å². The van der Waals surface area contributed by atoms with Gasteiger partial charge in [0.05, 0.1) is 21.2 Å². The number of amides is 2. The molecule has 9 heteroatoms. The molecule has 0 fully saturated rings. The van der Waals surface area contributed by atoms with E-state index in [1.54, 1.807) is 18.2 Å². The normalized spacial score (nSPS) is 10.5. The molecule has 6 nitrogen and oxygen atoms in total. The quantitative estimate of drug-likeness (QED) is 0.678. The Morgan fingerprint density at radius 3 is 2.88 bits per heavy atom. The first kappa shape index (κ1) is 16.7. The zero-order valence-corrected chi connectivity index (χ0v) is 14.6. The van der Waals surface area contributed by atoms with Crippen molar-refractivity contribution in [1.29, 1.82) is 0 Å². The van der Waals surface area contributed by atoms with Crippen LogP contribution in [0, 0.1) is 0 Å². The summed E-state index contributed by atoms with van der Waals surface area (Å²) in [5.41, 5.74) is 0.776. The lowest BCUT2D eigenvalue weighted by Gasteiger charge is -2.03. The Balaban J connectivity index is 1.47. The number of nitrogens with zero attached hydrogens (tertiary/aromatic N) is 1. The van der Waals surface area contributed by atoms with Crippen LogP contribution >= 0.6 is 34.3 Å². The molecule has 0 aromatic carbocycles. The summed E-state index contributed by atoms with van der Waals surface area (Å²) in [6, 6.07) is 6.88. The molecule has 24 heavy (non-hydrogen) atoms. The van der Waals surface area contributed by atoms with Crippen LogP contribution in [-0.2, 0) is 4.79 Å². The van der Waals surface area contributed by atoms with Crippen molar-refractivity contribution in [2.75, 3.05) is 11.9 Å². The van der Waals surface area contributed by atoms with Gasteiger partial charge in [-0.1, -0.05) is 11.6 Å². The molecule has 0 saturated carbocycles. The Hall–Kier alpha value is -2.16. The predicted molar refractivity (Wildman–Crippen MR) is 94.7 cm³/mol. The summed E-state index contributed by atoms with van der Waals surface area (Å²) >= 11 is 8.67. The third-order valence-corrected chi connectivity index (χ3v) is 4.97. The van der Waals surface area contributed by atoms with E-state index in [1.807, 2.05) is 11.4 Å². The Bertz CT molecular complexity index is 842. The van der Waals surface area contributed by atoms with Crippen molar-refractivity contribution in [3.8, 4) is 10.6 Å². The highest BCUT2D eigenvalue weighted by atomic mass is 35.5. The fraction of sp³-hybridized carbons (Fsp3) is 0.133. The van der Waals surface area contributed by atoms with Crippen LogP contribution in [0.15, 0.2) is 40.3 Å². The zero-order chi connectivity index (χ0) is 16.9. The molecule has 0 spiro atoms. The Morgan fingerprint density at radius 2 is 2.17 bits per heavy atom. The molecule has 2 amide bonds. The van der Waals surface area contributed by atoms with Crippen LogP contribution in [0.2, 0.25) is 4.34 Å². The largest absolute Gasteiger partial charge is 0.459 e. The van der Waals surface area contributed by atoms with Crippen LogP contribution in [0.4, 0.5) is 5.13 Å². The summed E-state index contributed by atoms with van der Waals surface area (Å²) in [6.45, 7) is 0.212. The first-order chi connectivity index (χ1) is 11.6. The first-order valence-corrected chi connectivity index (χ1v) is 9.02. The number of aromatic nitrogens is 1. The molecule has 0 saturated heterocycles. The van der Waals surface area contributed by atoms with Crippen molar-refractivity contribution in [2.45, 2.75) is 6.42 Å². The fourth-order valence-corrected chi connectivity index (χ4v) is 3.67. The van der Waals surface area contributed by atoms with Crippen LogP contribution in [0.25, 0.3) is 10.6 Å². The Labute approximate surface area is 150 Å². The molecule has 124 valence electrons. The van der Waals surface area contributed by atoms with Crippen LogP contribution in [0.1, 0.15) is 17.0 Å². The van der Waals surface area contributed by atoms with Gasteiger partial charge in [0.1, 0.15) is 0 Å². The molecule has 0 unspecified atom stereocenters. The van der Waals surface area contributed by atoms with Gasteiger partial charge in [0, 0.05) is 18.3 Å². The summed E-state index contributed by atoms with van der Waals surface area (Å²) < 4.78 is 5.66. The van der Waals surface area contributed by atoms with Crippen LogP contribution in [-0.4, -0.2) is 23.3 Å².